The Morgan fingerprint density at radius 1 is 1.24 bits per heavy atom. The van der Waals surface area contributed by atoms with E-state index in [1.807, 2.05) is 36.6 Å². The molecule has 0 amide bonds. The maximum atomic E-state index is 13.8. The van der Waals surface area contributed by atoms with E-state index in [9.17, 15) is 18.3 Å². The Morgan fingerprint density at radius 3 is 2.53 bits per heavy atom. The number of sulfone groups is 1. The van der Waals surface area contributed by atoms with E-state index in [1.54, 1.807) is 6.07 Å². The average molecular weight is 508 g/mol. The molecular formula is C25H33NO6S2. The Bertz CT molecular complexity index is 1110. The highest BCUT2D eigenvalue weighted by Crippen LogP contribution is 2.47. The number of aliphatic hydroxyl groups excluding tert-OH is 1. The van der Waals surface area contributed by atoms with Crippen molar-refractivity contribution in [2.45, 2.75) is 55.4 Å². The van der Waals surface area contributed by atoms with Crippen molar-refractivity contribution in [1.29, 1.82) is 0 Å². The van der Waals surface area contributed by atoms with Gasteiger partial charge in [-0.15, -0.1) is 11.8 Å². The molecule has 2 aromatic rings. The smallest absolute Gasteiger partial charge is 0.336 e. The zero-order chi connectivity index (χ0) is 24.9. The third kappa shape index (κ3) is 5.70. The topological polar surface area (TPSA) is 104 Å². The van der Waals surface area contributed by atoms with E-state index in [0.717, 1.165) is 31.4 Å². The molecule has 0 saturated heterocycles. The number of thioether (sulfide) groups is 1. The highest BCUT2D eigenvalue weighted by molar-refractivity contribution is 7.98. The summed E-state index contributed by atoms with van der Waals surface area (Å²) in [5, 5.41) is 18.6. The number of carbonyl (C=O) groups is 1. The van der Waals surface area contributed by atoms with Crippen LogP contribution in [0.4, 0.5) is 11.4 Å². The van der Waals surface area contributed by atoms with Crippen LogP contribution in [0.15, 0.2) is 52.3 Å². The summed E-state index contributed by atoms with van der Waals surface area (Å²) in [4.78, 5) is 13.9. The summed E-state index contributed by atoms with van der Waals surface area (Å²) in [5.41, 5.74) is 1.09. The monoisotopic (exact) mass is 507 g/mol. The van der Waals surface area contributed by atoms with Crippen LogP contribution in [0.1, 0.15) is 39.5 Å². The third-order valence-electron chi connectivity index (χ3n) is 6.42. The SMILES string of the molecule is CCCC[C@]1(CC)CN(c2ccccc2)c2cc(SC)c(OC[C@H](O)C(=O)O)cc2S(=O)(=O)C1. The van der Waals surface area contributed by atoms with Gasteiger partial charge in [-0.1, -0.05) is 44.9 Å². The number of aliphatic carboxylic acids is 1. The summed E-state index contributed by atoms with van der Waals surface area (Å²) in [6.45, 7) is 4.27. The first-order chi connectivity index (χ1) is 16.2. The molecule has 34 heavy (non-hydrogen) atoms. The average Bonchev–Trinajstić information content (AvgIpc) is 2.93. The van der Waals surface area contributed by atoms with Gasteiger partial charge in [-0.3, -0.25) is 0 Å². The van der Waals surface area contributed by atoms with E-state index in [0.29, 0.717) is 17.1 Å². The first-order valence-corrected chi connectivity index (χ1v) is 14.3. The van der Waals surface area contributed by atoms with Crippen LogP contribution in [0.25, 0.3) is 0 Å². The van der Waals surface area contributed by atoms with Crippen molar-refractivity contribution >= 4 is 38.9 Å². The number of ether oxygens (including phenoxy) is 1. The molecule has 0 aliphatic carbocycles. The molecular weight excluding hydrogens is 474 g/mol. The number of carboxylic acids is 1. The van der Waals surface area contributed by atoms with Crippen molar-refractivity contribution in [2.24, 2.45) is 5.41 Å². The number of nitrogens with zero attached hydrogens (tertiary/aromatic N) is 1. The van der Waals surface area contributed by atoms with Crippen molar-refractivity contribution in [1.82, 2.24) is 0 Å². The molecule has 2 aromatic carbocycles. The molecule has 0 fully saturated rings. The molecule has 1 aliphatic rings. The van der Waals surface area contributed by atoms with E-state index < -0.39 is 33.9 Å². The number of anilines is 2. The lowest BCUT2D eigenvalue weighted by Gasteiger charge is -2.36. The quantitative estimate of drug-likeness (QED) is 0.444. The Hall–Kier alpha value is -2.23. The second kappa shape index (κ2) is 11.0. The minimum atomic E-state index is -3.68. The number of carboxylic acid groups (broad SMARTS) is 1. The number of aliphatic hydroxyl groups is 1. The number of unbranched alkanes of at least 4 members (excludes halogenated alkanes) is 1. The summed E-state index contributed by atoms with van der Waals surface area (Å²) in [7, 11) is -3.68. The lowest BCUT2D eigenvalue weighted by atomic mass is 9.81. The molecule has 186 valence electrons. The van der Waals surface area contributed by atoms with Gasteiger partial charge >= 0.3 is 5.97 Å². The fourth-order valence-corrected chi connectivity index (χ4v) is 7.11. The molecule has 1 aliphatic heterocycles. The Labute approximate surface area is 206 Å². The summed E-state index contributed by atoms with van der Waals surface area (Å²) in [6.07, 6.45) is 3.61. The fraction of sp³-hybridized carbons (Fsp3) is 0.480. The van der Waals surface area contributed by atoms with Crippen LogP contribution in [0.2, 0.25) is 0 Å². The highest BCUT2D eigenvalue weighted by Gasteiger charge is 2.42. The molecule has 0 unspecified atom stereocenters. The molecule has 0 aromatic heterocycles. The molecule has 9 heteroatoms. The Kier molecular flexibility index (Phi) is 8.54. The predicted molar refractivity (Wildman–Crippen MR) is 135 cm³/mol. The molecule has 0 bridgehead atoms. The van der Waals surface area contributed by atoms with E-state index in [-0.39, 0.29) is 16.4 Å². The summed E-state index contributed by atoms with van der Waals surface area (Å²) < 4.78 is 33.1. The van der Waals surface area contributed by atoms with Gasteiger partial charge in [-0.25, -0.2) is 13.2 Å². The van der Waals surface area contributed by atoms with Crippen LogP contribution in [0.5, 0.6) is 5.75 Å². The summed E-state index contributed by atoms with van der Waals surface area (Å²) >= 11 is 1.38. The third-order valence-corrected chi connectivity index (χ3v) is 9.17. The van der Waals surface area contributed by atoms with Gasteiger partial charge in [0.1, 0.15) is 12.4 Å². The van der Waals surface area contributed by atoms with Crippen molar-refractivity contribution in [3.8, 4) is 5.75 Å². The molecule has 2 N–H and O–H groups in total. The van der Waals surface area contributed by atoms with Crippen LogP contribution in [-0.2, 0) is 14.6 Å². The molecule has 3 rings (SSSR count). The highest BCUT2D eigenvalue weighted by atomic mass is 32.2. The first kappa shape index (κ1) is 26.4. The zero-order valence-electron chi connectivity index (χ0n) is 19.9. The predicted octanol–water partition coefficient (Wildman–Crippen LogP) is 4.74. The molecule has 2 atom stereocenters. The van der Waals surface area contributed by atoms with Gasteiger partial charge in [0.15, 0.2) is 15.9 Å². The van der Waals surface area contributed by atoms with Crippen molar-refractivity contribution in [2.75, 3.05) is 30.1 Å². The second-order valence-corrected chi connectivity index (χ2v) is 11.6. The van der Waals surface area contributed by atoms with Crippen molar-refractivity contribution < 1.29 is 28.2 Å². The number of para-hydroxylation sites is 1. The maximum Gasteiger partial charge on any atom is 0.336 e. The van der Waals surface area contributed by atoms with E-state index in [1.165, 1.54) is 17.8 Å². The first-order valence-electron chi connectivity index (χ1n) is 11.5. The Balaban J connectivity index is 2.18. The lowest BCUT2D eigenvalue weighted by molar-refractivity contribution is -0.148. The van der Waals surface area contributed by atoms with Crippen molar-refractivity contribution in [3.63, 3.8) is 0 Å². The van der Waals surface area contributed by atoms with Crippen LogP contribution in [0.3, 0.4) is 0 Å². The fourth-order valence-electron chi connectivity index (χ4n) is 4.38. The molecule has 1 heterocycles. The van der Waals surface area contributed by atoms with E-state index in [4.69, 9.17) is 9.84 Å². The van der Waals surface area contributed by atoms with Gasteiger partial charge < -0.3 is 19.8 Å². The molecule has 0 saturated carbocycles. The lowest BCUT2D eigenvalue weighted by Crippen LogP contribution is -2.37. The maximum absolute atomic E-state index is 13.8. The van der Waals surface area contributed by atoms with Gasteiger partial charge in [0.2, 0.25) is 0 Å². The number of rotatable bonds is 10. The van der Waals surface area contributed by atoms with E-state index >= 15 is 0 Å². The van der Waals surface area contributed by atoms with Gasteiger partial charge in [-0.05, 0) is 37.3 Å². The van der Waals surface area contributed by atoms with Crippen LogP contribution >= 0.6 is 11.8 Å². The number of benzene rings is 2. The van der Waals surface area contributed by atoms with Gasteiger partial charge in [0, 0.05) is 23.7 Å². The zero-order valence-corrected chi connectivity index (χ0v) is 21.5. The molecule has 7 nitrogen and oxygen atoms in total. The normalized spacial score (nSPS) is 20.3. The van der Waals surface area contributed by atoms with Crippen LogP contribution in [-0.4, -0.2) is 55.9 Å². The number of fused-ring (bicyclic) bond motifs is 1. The standard InChI is InChI=1S/C25H33NO6S2/c1-4-6-12-25(5-2)16-26(18-10-8-7-9-11-18)19-13-22(33-3)21(32-15-20(27)24(28)29)14-23(19)34(30,31)17-25/h7-11,13-14,20,27H,4-6,12,15-17H2,1-3H3,(H,28,29)/t20-,25+/m0/s1. The summed E-state index contributed by atoms with van der Waals surface area (Å²) in [6, 6.07) is 13.1. The Morgan fingerprint density at radius 2 is 1.94 bits per heavy atom. The van der Waals surface area contributed by atoms with E-state index in [2.05, 4.69) is 18.7 Å². The van der Waals surface area contributed by atoms with Gasteiger partial charge in [-0.2, -0.15) is 0 Å². The largest absolute Gasteiger partial charge is 0.489 e. The minimum Gasteiger partial charge on any atom is -0.489 e. The second-order valence-electron chi connectivity index (χ2n) is 8.77. The number of hydrogen-bond donors (Lipinski definition) is 2. The summed E-state index contributed by atoms with van der Waals surface area (Å²) in [5.74, 6) is -1.12. The van der Waals surface area contributed by atoms with Crippen molar-refractivity contribution in [3.05, 3.63) is 42.5 Å². The number of hydrogen-bond acceptors (Lipinski definition) is 7. The van der Waals surface area contributed by atoms with Gasteiger partial charge in [0.05, 0.1) is 21.2 Å². The van der Waals surface area contributed by atoms with Gasteiger partial charge in [0.25, 0.3) is 0 Å². The minimum absolute atomic E-state index is 0.0304. The molecule has 0 radical (unpaired) electrons. The molecule has 0 spiro atoms. The van der Waals surface area contributed by atoms with Crippen LogP contribution < -0.4 is 9.64 Å². The van der Waals surface area contributed by atoms with Crippen LogP contribution in [0, 0.1) is 5.41 Å².